The van der Waals surface area contributed by atoms with E-state index in [-0.39, 0.29) is 5.54 Å². The summed E-state index contributed by atoms with van der Waals surface area (Å²) in [6, 6.07) is 8.54. The van der Waals surface area contributed by atoms with Gasteiger partial charge in [-0.25, -0.2) is 0 Å². The maximum atomic E-state index is 5.95. The first-order valence-electron chi connectivity index (χ1n) is 4.94. The maximum absolute atomic E-state index is 5.95. The summed E-state index contributed by atoms with van der Waals surface area (Å²) in [6.45, 7) is 4.10. The molecule has 2 N–H and O–H groups in total. The average molecular weight is 192 g/mol. The van der Waals surface area contributed by atoms with E-state index in [1.807, 2.05) is 27.9 Å². The third-order valence-corrected chi connectivity index (χ3v) is 2.11. The van der Waals surface area contributed by atoms with Gasteiger partial charge < -0.3 is 10.6 Å². The van der Waals surface area contributed by atoms with Crippen molar-refractivity contribution in [3.63, 3.8) is 0 Å². The zero-order chi connectivity index (χ0) is 10.8. The van der Waals surface area contributed by atoms with Gasteiger partial charge in [0.15, 0.2) is 0 Å². The number of hydrogen-bond acceptors (Lipinski definition) is 2. The minimum atomic E-state index is -0.125. The minimum absolute atomic E-state index is 0.125. The second kappa shape index (κ2) is 4.01. The van der Waals surface area contributed by atoms with Crippen molar-refractivity contribution in [1.82, 2.24) is 0 Å². The molecule has 0 saturated carbocycles. The molecule has 0 aliphatic carbocycles. The molecule has 0 unspecified atom stereocenters. The smallest absolute Gasteiger partial charge is 0.0361 e. The molecule has 0 radical (unpaired) electrons. The van der Waals surface area contributed by atoms with Crippen LogP contribution in [0.4, 0.5) is 5.69 Å². The largest absolute Gasteiger partial charge is 0.378 e. The van der Waals surface area contributed by atoms with Gasteiger partial charge in [0.25, 0.3) is 0 Å². The molecule has 78 valence electrons. The molecular weight excluding hydrogens is 172 g/mol. The second-order valence-electron chi connectivity index (χ2n) is 4.73. The van der Waals surface area contributed by atoms with Gasteiger partial charge in [0.05, 0.1) is 0 Å². The Hall–Kier alpha value is -1.02. The van der Waals surface area contributed by atoms with Gasteiger partial charge in [-0.1, -0.05) is 12.1 Å². The average Bonchev–Trinajstić information content (AvgIpc) is 2.02. The summed E-state index contributed by atoms with van der Waals surface area (Å²) in [6.07, 6.45) is 0.917. The zero-order valence-electron chi connectivity index (χ0n) is 9.54. The lowest BCUT2D eigenvalue weighted by Gasteiger charge is -2.19. The molecule has 0 saturated heterocycles. The molecule has 0 fully saturated rings. The number of benzene rings is 1. The van der Waals surface area contributed by atoms with Gasteiger partial charge in [0.2, 0.25) is 0 Å². The molecule has 2 heteroatoms. The van der Waals surface area contributed by atoms with Crippen LogP contribution >= 0.6 is 0 Å². The Labute approximate surface area is 86.7 Å². The first kappa shape index (κ1) is 11.1. The van der Waals surface area contributed by atoms with E-state index in [1.165, 1.54) is 11.3 Å². The van der Waals surface area contributed by atoms with Crippen molar-refractivity contribution in [3.8, 4) is 0 Å². The highest BCUT2D eigenvalue weighted by Gasteiger charge is 2.11. The fourth-order valence-corrected chi connectivity index (χ4v) is 1.44. The molecule has 0 spiro atoms. The van der Waals surface area contributed by atoms with Crippen molar-refractivity contribution < 1.29 is 0 Å². The predicted octanol–water partition coefficient (Wildman–Crippen LogP) is 2.03. The van der Waals surface area contributed by atoms with E-state index in [1.54, 1.807) is 0 Å². The van der Waals surface area contributed by atoms with E-state index in [2.05, 4.69) is 29.2 Å². The van der Waals surface area contributed by atoms with Gasteiger partial charge in [-0.2, -0.15) is 0 Å². The first-order valence-corrected chi connectivity index (χ1v) is 4.94. The molecule has 0 aromatic heterocycles. The van der Waals surface area contributed by atoms with Crippen LogP contribution in [0.1, 0.15) is 19.4 Å². The molecule has 0 heterocycles. The Balaban J connectivity index is 2.74. The Morgan fingerprint density at radius 3 is 2.00 bits per heavy atom. The Bertz CT molecular complexity index is 280. The van der Waals surface area contributed by atoms with Crippen molar-refractivity contribution in [3.05, 3.63) is 29.8 Å². The van der Waals surface area contributed by atoms with Crippen LogP contribution in [-0.2, 0) is 6.42 Å². The van der Waals surface area contributed by atoms with Crippen LogP contribution in [0.15, 0.2) is 24.3 Å². The number of rotatable bonds is 3. The van der Waals surface area contributed by atoms with Crippen LogP contribution in [0, 0.1) is 0 Å². The first-order chi connectivity index (χ1) is 6.38. The molecule has 14 heavy (non-hydrogen) atoms. The van der Waals surface area contributed by atoms with Crippen LogP contribution in [0.5, 0.6) is 0 Å². The Morgan fingerprint density at radius 2 is 1.64 bits per heavy atom. The Kier molecular flexibility index (Phi) is 3.17. The number of nitrogens with two attached hydrogens (primary N) is 1. The highest BCUT2D eigenvalue weighted by Crippen LogP contribution is 2.15. The van der Waals surface area contributed by atoms with Gasteiger partial charge in [0, 0.05) is 25.3 Å². The lowest BCUT2D eigenvalue weighted by Crippen LogP contribution is -2.34. The van der Waals surface area contributed by atoms with Crippen molar-refractivity contribution in [2.24, 2.45) is 5.73 Å². The quantitative estimate of drug-likeness (QED) is 0.794. The summed E-state index contributed by atoms with van der Waals surface area (Å²) < 4.78 is 0. The molecule has 0 aliphatic heterocycles. The van der Waals surface area contributed by atoms with E-state index >= 15 is 0 Å². The van der Waals surface area contributed by atoms with Gasteiger partial charge in [0.1, 0.15) is 0 Å². The summed E-state index contributed by atoms with van der Waals surface area (Å²) in [5.41, 5.74) is 8.35. The van der Waals surface area contributed by atoms with Crippen molar-refractivity contribution >= 4 is 5.69 Å². The lowest BCUT2D eigenvalue weighted by molar-refractivity contribution is 0.517. The van der Waals surface area contributed by atoms with Crippen LogP contribution in [0.2, 0.25) is 0 Å². The predicted molar refractivity (Wildman–Crippen MR) is 62.7 cm³/mol. The van der Waals surface area contributed by atoms with E-state index in [0.29, 0.717) is 0 Å². The van der Waals surface area contributed by atoms with Gasteiger partial charge in [-0.05, 0) is 38.0 Å². The zero-order valence-corrected chi connectivity index (χ0v) is 9.54. The second-order valence-corrected chi connectivity index (χ2v) is 4.73. The monoisotopic (exact) mass is 192 g/mol. The van der Waals surface area contributed by atoms with E-state index < -0.39 is 0 Å². The van der Waals surface area contributed by atoms with Crippen LogP contribution in [0.25, 0.3) is 0 Å². The highest BCUT2D eigenvalue weighted by atomic mass is 15.1. The topological polar surface area (TPSA) is 29.3 Å². The molecule has 1 aromatic rings. The molecule has 0 amide bonds. The molecular formula is C12H20N2. The van der Waals surface area contributed by atoms with Crippen LogP contribution in [0.3, 0.4) is 0 Å². The van der Waals surface area contributed by atoms with Crippen molar-refractivity contribution in [2.75, 3.05) is 19.0 Å². The van der Waals surface area contributed by atoms with E-state index in [9.17, 15) is 0 Å². The number of hydrogen-bond donors (Lipinski definition) is 1. The standard InChI is InChI=1S/C12H20N2/c1-12(2,13)9-10-5-7-11(8-6-10)14(3)4/h5-8H,9,13H2,1-4H3. The molecule has 1 rings (SSSR count). The van der Waals surface area contributed by atoms with Crippen molar-refractivity contribution in [2.45, 2.75) is 25.8 Å². The van der Waals surface area contributed by atoms with Gasteiger partial charge in [-0.3, -0.25) is 0 Å². The van der Waals surface area contributed by atoms with E-state index in [4.69, 9.17) is 5.73 Å². The van der Waals surface area contributed by atoms with Gasteiger partial charge >= 0.3 is 0 Å². The molecule has 1 aromatic carbocycles. The summed E-state index contributed by atoms with van der Waals surface area (Å²) in [5.74, 6) is 0. The van der Waals surface area contributed by atoms with Crippen LogP contribution in [-0.4, -0.2) is 19.6 Å². The summed E-state index contributed by atoms with van der Waals surface area (Å²) in [4.78, 5) is 2.09. The number of anilines is 1. The summed E-state index contributed by atoms with van der Waals surface area (Å²) in [7, 11) is 4.09. The molecule has 0 atom stereocenters. The third-order valence-electron chi connectivity index (χ3n) is 2.11. The fourth-order valence-electron chi connectivity index (χ4n) is 1.44. The lowest BCUT2D eigenvalue weighted by atomic mass is 9.96. The van der Waals surface area contributed by atoms with E-state index in [0.717, 1.165) is 6.42 Å². The fraction of sp³-hybridized carbons (Fsp3) is 0.500. The SMILES string of the molecule is CN(C)c1ccc(CC(C)(C)N)cc1. The summed E-state index contributed by atoms with van der Waals surface area (Å²) in [5, 5.41) is 0. The normalized spacial score (nSPS) is 11.5. The van der Waals surface area contributed by atoms with Crippen LogP contribution < -0.4 is 10.6 Å². The maximum Gasteiger partial charge on any atom is 0.0361 e. The third kappa shape index (κ3) is 3.38. The Morgan fingerprint density at radius 1 is 1.14 bits per heavy atom. The highest BCUT2D eigenvalue weighted by molar-refractivity contribution is 5.46. The molecule has 2 nitrogen and oxygen atoms in total. The number of nitrogens with zero attached hydrogens (tertiary/aromatic N) is 1. The summed E-state index contributed by atoms with van der Waals surface area (Å²) >= 11 is 0. The van der Waals surface area contributed by atoms with Crippen molar-refractivity contribution in [1.29, 1.82) is 0 Å². The molecule has 0 bridgehead atoms. The van der Waals surface area contributed by atoms with Gasteiger partial charge in [-0.15, -0.1) is 0 Å². The molecule has 0 aliphatic rings. The minimum Gasteiger partial charge on any atom is -0.378 e.